The molecule has 0 spiro atoms. The van der Waals surface area contributed by atoms with Crippen LogP contribution in [0.5, 0.6) is 5.75 Å². The number of amides is 2. The minimum absolute atomic E-state index is 0.145. The number of aryl methyl sites for hydroxylation is 1. The summed E-state index contributed by atoms with van der Waals surface area (Å²) in [5.74, 6) is 0.0223. The molecule has 5 nitrogen and oxygen atoms in total. The van der Waals surface area contributed by atoms with Gasteiger partial charge in [0.2, 0.25) is 11.8 Å². The van der Waals surface area contributed by atoms with Crippen molar-refractivity contribution < 1.29 is 14.3 Å². The highest BCUT2D eigenvalue weighted by atomic mass is 35.5. The van der Waals surface area contributed by atoms with Crippen LogP contribution in [0.3, 0.4) is 0 Å². The van der Waals surface area contributed by atoms with Gasteiger partial charge in [-0.1, -0.05) is 61.7 Å². The van der Waals surface area contributed by atoms with Crippen molar-refractivity contribution in [2.24, 2.45) is 0 Å². The Bertz CT molecular complexity index is 896. The number of carbonyl (C=O) groups is 2. The van der Waals surface area contributed by atoms with Gasteiger partial charge in [-0.15, -0.1) is 11.6 Å². The van der Waals surface area contributed by atoms with Crippen molar-refractivity contribution in [3.05, 3.63) is 65.2 Å². The molecule has 1 aliphatic rings. The molecule has 3 rings (SSSR count). The van der Waals surface area contributed by atoms with Gasteiger partial charge in [-0.3, -0.25) is 9.59 Å². The highest BCUT2D eigenvalue weighted by Crippen LogP contribution is 2.30. The quantitative estimate of drug-likeness (QED) is 0.599. The largest absolute Gasteiger partial charge is 0.496 e. The molecule has 2 aromatic carbocycles. The van der Waals surface area contributed by atoms with Crippen molar-refractivity contribution in [1.29, 1.82) is 0 Å². The second-order valence-corrected chi connectivity index (χ2v) is 8.34. The summed E-state index contributed by atoms with van der Waals surface area (Å²) >= 11 is 6.00. The molecular weight excluding hydrogens is 412 g/mol. The van der Waals surface area contributed by atoms with Gasteiger partial charge in [0.25, 0.3) is 0 Å². The summed E-state index contributed by atoms with van der Waals surface area (Å²) in [6, 6.07) is 14.6. The Morgan fingerprint density at radius 2 is 1.77 bits per heavy atom. The number of nitrogens with one attached hydrogen (secondary N) is 1. The molecule has 0 unspecified atom stereocenters. The maximum Gasteiger partial charge on any atom is 0.247 e. The lowest BCUT2D eigenvalue weighted by Gasteiger charge is -2.34. The molecule has 6 heteroatoms. The second kappa shape index (κ2) is 11.2. The van der Waals surface area contributed by atoms with Gasteiger partial charge in [0.05, 0.1) is 13.7 Å². The van der Waals surface area contributed by atoms with Crippen LogP contribution in [0.4, 0.5) is 0 Å². The smallest absolute Gasteiger partial charge is 0.247 e. The van der Waals surface area contributed by atoms with Crippen molar-refractivity contribution in [3.8, 4) is 5.75 Å². The van der Waals surface area contributed by atoms with Gasteiger partial charge in [0.15, 0.2) is 0 Å². The van der Waals surface area contributed by atoms with Gasteiger partial charge in [0.1, 0.15) is 17.7 Å². The van der Waals surface area contributed by atoms with Crippen molar-refractivity contribution >= 4 is 23.4 Å². The Kier molecular flexibility index (Phi) is 8.35. The van der Waals surface area contributed by atoms with Crippen molar-refractivity contribution in [2.75, 3.05) is 13.0 Å². The van der Waals surface area contributed by atoms with Crippen LogP contribution in [0.15, 0.2) is 48.5 Å². The lowest BCUT2D eigenvalue weighted by molar-refractivity contribution is -0.140. The number of alkyl halides is 1. The molecule has 2 amide bonds. The highest BCUT2D eigenvalue weighted by Gasteiger charge is 2.33. The Balaban J connectivity index is 1.99. The van der Waals surface area contributed by atoms with Crippen LogP contribution < -0.4 is 10.1 Å². The Morgan fingerprint density at radius 3 is 2.45 bits per heavy atom. The number of methoxy groups -OCH3 is 1. The molecule has 166 valence electrons. The van der Waals surface area contributed by atoms with E-state index in [1.807, 2.05) is 55.5 Å². The number of hydrogen-bond acceptors (Lipinski definition) is 3. The first-order valence-corrected chi connectivity index (χ1v) is 11.4. The molecular formula is C25H31ClN2O3. The average Bonchev–Trinajstić information content (AvgIpc) is 2.80. The van der Waals surface area contributed by atoms with Crippen LogP contribution in [0, 0.1) is 6.92 Å². The van der Waals surface area contributed by atoms with E-state index in [0.717, 1.165) is 42.4 Å². The molecule has 0 saturated heterocycles. The average molecular weight is 443 g/mol. The topological polar surface area (TPSA) is 58.6 Å². The predicted octanol–water partition coefficient (Wildman–Crippen LogP) is 4.76. The predicted molar refractivity (Wildman–Crippen MR) is 123 cm³/mol. The zero-order valence-corrected chi connectivity index (χ0v) is 19.0. The molecule has 31 heavy (non-hydrogen) atoms. The van der Waals surface area contributed by atoms with E-state index in [9.17, 15) is 9.59 Å². The summed E-state index contributed by atoms with van der Waals surface area (Å²) in [5, 5.41) is 3.21. The van der Waals surface area contributed by atoms with Crippen LogP contribution in [0.25, 0.3) is 0 Å². The molecule has 0 bridgehead atoms. The van der Waals surface area contributed by atoms with Crippen molar-refractivity contribution in [2.45, 2.75) is 57.7 Å². The van der Waals surface area contributed by atoms with Gasteiger partial charge in [-0.25, -0.2) is 0 Å². The summed E-state index contributed by atoms with van der Waals surface area (Å²) in [4.78, 5) is 28.2. The van der Waals surface area contributed by atoms with E-state index in [-0.39, 0.29) is 30.3 Å². The van der Waals surface area contributed by atoms with E-state index < -0.39 is 6.04 Å². The molecule has 0 radical (unpaired) electrons. The van der Waals surface area contributed by atoms with E-state index in [1.54, 1.807) is 12.0 Å². The lowest BCUT2D eigenvalue weighted by atomic mass is 9.94. The van der Waals surface area contributed by atoms with Gasteiger partial charge in [0, 0.05) is 11.6 Å². The molecule has 0 aromatic heterocycles. The molecule has 0 aliphatic heterocycles. The van der Waals surface area contributed by atoms with Crippen LogP contribution in [0.1, 0.15) is 54.8 Å². The Hall–Kier alpha value is -2.53. The first-order chi connectivity index (χ1) is 15.0. The van der Waals surface area contributed by atoms with Crippen LogP contribution in [-0.2, 0) is 16.1 Å². The summed E-state index contributed by atoms with van der Waals surface area (Å²) in [6.07, 6.45) is 5.39. The molecule has 1 fully saturated rings. The number of hydrogen-bond donors (Lipinski definition) is 1. The standard InChI is InChI=1S/C25H31ClN2O3/c1-18-10-6-8-14-21(18)24(25(30)27-20-12-4-3-5-13-20)28(23(29)16-26)17-19-11-7-9-15-22(19)31-2/h6-11,14-15,20,24H,3-5,12-13,16-17H2,1-2H3,(H,27,30)/t24-/m1/s1. The van der Waals surface area contributed by atoms with Crippen molar-refractivity contribution in [3.63, 3.8) is 0 Å². The minimum atomic E-state index is -0.765. The van der Waals surface area contributed by atoms with E-state index in [2.05, 4.69) is 5.32 Å². The van der Waals surface area contributed by atoms with Gasteiger partial charge < -0.3 is 15.0 Å². The maximum absolute atomic E-state index is 13.6. The third-order valence-corrected chi connectivity index (χ3v) is 6.19. The number of carbonyl (C=O) groups excluding carboxylic acids is 2. The number of para-hydroxylation sites is 1. The summed E-state index contributed by atoms with van der Waals surface area (Å²) in [7, 11) is 1.60. The number of nitrogens with zero attached hydrogens (tertiary/aromatic N) is 1. The van der Waals surface area contributed by atoms with Crippen molar-refractivity contribution in [1.82, 2.24) is 10.2 Å². The maximum atomic E-state index is 13.6. The zero-order valence-electron chi connectivity index (χ0n) is 18.3. The Morgan fingerprint density at radius 1 is 1.10 bits per heavy atom. The fraction of sp³-hybridized carbons (Fsp3) is 0.440. The third kappa shape index (κ3) is 5.79. The fourth-order valence-corrected chi connectivity index (χ4v) is 4.44. The number of benzene rings is 2. The summed E-state index contributed by atoms with van der Waals surface area (Å²) < 4.78 is 5.48. The summed E-state index contributed by atoms with van der Waals surface area (Å²) in [6.45, 7) is 2.19. The number of halogens is 1. The minimum Gasteiger partial charge on any atom is -0.496 e. The molecule has 1 saturated carbocycles. The highest BCUT2D eigenvalue weighted by molar-refractivity contribution is 6.27. The zero-order chi connectivity index (χ0) is 22.2. The monoisotopic (exact) mass is 442 g/mol. The van der Waals surface area contributed by atoms with E-state index >= 15 is 0 Å². The lowest BCUT2D eigenvalue weighted by Crippen LogP contribution is -2.47. The molecule has 0 heterocycles. The third-order valence-electron chi connectivity index (χ3n) is 5.96. The van der Waals surface area contributed by atoms with Gasteiger partial charge in [-0.05, 0) is 37.0 Å². The second-order valence-electron chi connectivity index (χ2n) is 8.07. The first-order valence-electron chi connectivity index (χ1n) is 10.9. The molecule has 1 N–H and O–H groups in total. The van der Waals surface area contributed by atoms with Gasteiger partial charge >= 0.3 is 0 Å². The van der Waals surface area contributed by atoms with Crippen LogP contribution >= 0.6 is 11.6 Å². The van der Waals surface area contributed by atoms with Gasteiger partial charge in [-0.2, -0.15) is 0 Å². The van der Waals surface area contributed by atoms with E-state index in [4.69, 9.17) is 16.3 Å². The fourth-order valence-electron chi connectivity index (χ4n) is 4.29. The van der Waals surface area contributed by atoms with E-state index in [0.29, 0.717) is 5.75 Å². The molecule has 1 atom stereocenters. The number of ether oxygens (including phenoxy) is 1. The normalized spacial score (nSPS) is 15.2. The Labute approximate surface area is 189 Å². The first kappa shape index (κ1) is 23.1. The van der Waals surface area contributed by atoms with Crippen LogP contribution in [0.2, 0.25) is 0 Å². The number of rotatable bonds is 8. The molecule has 2 aromatic rings. The van der Waals surface area contributed by atoms with E-state index in [1.165, 1.54) is 6.42 Å². The van der Waals surface area contributed by atoms with Crippen LogP contribution in [-0.4, -0.2) is 35.7 Å². The SMILES string of the molecule is COc1ccccc1CN(C(=O)CCl)[C@@H](C(=O)NC1CCCCC1)c1ccccc1C. The summed E-state index contributed by atoms with van der Waals surface area (Å²) in [5.41, 5.74) is 2.59. The molecule has 1 aliphatic carbocycles.